The molecule has 0 fully saturated rings. The first-order valence-corrected chi connectivity index (χ1v) is 5.37. The second kappa shape index (κ2) is 4.32. The Labute approximate surface area is 102 Å². The van der Waals surface area contributed by atoms with E-state index in [4.69, 9.17) is 0 Å². The molecule has 1 N–H and O–H groups in total. The molecule has 0 saturated carbocycles. The molecule has 0 aliphatic heterocycles. The molecule has 8 nitrogen and oxygen atoms in total. The normalized spacial score (nSPS) is 10.7. The van der Waals surface area contributed by atoms with Gasteiger partial charge in [0.2, 0.25) is 0 Å². The molecule has 0 spiro atoms. The first kappa shape index (κ1) is 10.5. The van der Waals surface area contributed by atoms with Crippen molar-refractivity contribution < 1.29 is 0 Å². The highest BCUT2D eigenvalue weighted by Crippen LogP contribution is 2.07. The van der Waals surface area contributed by atoms with Crippen molar-refractivity contribution in [3.63, 3.8) is 0 Å². The van der Waals surface area contributed by atoms with Crippen molar-refractivity contribution in [2.45, 2.75) is 13.5 Å². The Morgan fingerprint density at radius 2 is 2.28 bits per heavy atom. The number of hydrogen-bond acceptors (Lipinski definition) is 7. The van der Waals surface area contributed by atoms with E-state index < -0.39 is 0 Å². The lowest BCUT2D eigenvalue weighted by Gasteiger charge is -2.06. The van der Waals surface area contributed by atoms with E-state index in [9.17, 15) is 0 Å². The van der Waals surface area contributed by atoms with Gasteiger partial charge in [-0.1, -0.05) is 0 Å². The van der Waals surface area contributed by atoms with E-state index in [-0.39, 0.29) is 0 Å². The molecule has 3 heterocycles. The van der Waals surface area contributed by atoms with E-state index in [0.717, 1.165) is 11.5 Å². The van der Waals surface area contributed by atoms with Gasteiger partial charge in [-0.25, -0.2) is 9.97 Å². The zero-order valence-corrected chi connectivity index (χ0v) is 9.65. The Morgan fingerprint density at radius 1 is 1.33 bits per heavy atom. The van der Waals surface area contributed by atoms with Crippen LogP contribution in [0.1, 0.15) is 11.5 Å². The third-order valence-corrected chi connectivity index (χ3v) is 2.39. The number of tetrazole rings is 1. The van der Waals surface area contributed by atoms with Gasteiger partial charge in [-0.05, 0) is 23.4 Å². The zero-order chi connectivity index (χ0) is 12.4. The van der Waals surface area contributed by atoms with E-state index in [0.29, 0.717) is 18.0 Å². The van der Waals surface area contributed by atoms with Gasteiger partial charge < -0.3 is 5.32 Å². The van der Waals surface area contributed by atoms with E-state index in [2.05, 4.69) is 35.8 Å². The van der Waals surface area contributed by atoms with Gasteiger partial charge in [0.25, 0.3) is 0 Å². The minimum Gasteiger partial charge on any atom is -0.363 e. The summed E-state index contributed by atoms with van der Waals surface area (Å²) < 4.78 is 1.58. The average molecular weight is 242 g/mol. The summed E-state index contributed by atoms with van der Waals surface area (Å²) in [5.74, 6) is 1.46. The molecule has 90 valence electrons. The predicted molar refractivity (Wildman–Crippen MR) is 62.7 cm³/mol. The molecule has 0 unspecified atom stereocenters. The molecule has 8 heteroatoms. The maximum absolute atomic E-state index is 4.30. The SMILES string of the molecule is Cc1nccc(CNc2cncc3nnnn23)n1. The van der Waals surface area contributed by atoms with Gasteiger partial charge in [0, 0.05) is 6.20 Å². The Kier molecular flexibility index (Phi) is 2.52. The van der Waals surface area contributed by atoms with E-state index in [1.807, 2.05) is 13.0 Å². The fraction of sp³-hybridized carbons (Fsp3) is 0.200. The van der Waals surface area contributed by atoms with Gasteiger partial charge in [-0.3, -0.25) is 4.98 Å². The number of anilines is 1. The number of rotatable bonds is 3. The van der Waals surface area contributed by atoms with Crippen LogP contribution in [0.4, 0.5) is 5.82 Å². The Hall–Kier alpha value is -2.64. The molecule has 0 aliphatic carbocycles. The topological polar surface area (TPSA) is 93.8 Å². The van der Waals surface area contributed by atoms with Gasteiger partial charge in [0.15, 0.2) is 11.5 Å². The quantitative estimate of drug-likeness (QED) is 0.702. The molecule has 3 rings (SSSR count). The van der Waals surface area contributed by atoms with Crippen LogP contribution in [0.15, 0.2) is 24.7 Å². The highest BCUT2D eigenvalue weighted by atomic mass is 15.5. The van der Waals surface area contributed by atoms with E-state index in [1.165, 1.54) is 0 Å². The monoisotopic (exact) mass is 242 g/mol. The number of nitrogens with one attached hydrogen (secondary N) is 1. The van der Waals surface area contributed by atoms with Crippen LogP contribution in [0.2, 0.25) is 0 Å². The predicted octanol–water partition coefficient (Wildman–Crippen LogP) is 0.230. The number of aryl methyl sites for hydroxylation is 1. The Balaban J connectivity index is 1.83. The third-order valence-electron chi connectivity index (χ3n) is 2.39. The minimum atomic E-state index is 0.560. The van der Waals surface area contributed by atoms with Crippen molar-refractivity contribution in [1.29, 1.82) is 0 Å². The van der Waals surface area contributed by atoms with E-state index in [1.54, 1.807) is 23.1 Å². The Bertz CT molecular complexity index is 676. The molecule has 3 aromatic heterocycles. The van der Waals surface area contributed by atoms with Gasteiger partial charge in [-0.15, -0.1) is 5.10 Å². The summed E-state index contributed by atoms with van der Waals surface area (Å²) in [6.45, 7) is 2.41. The second-order valence-electron chi connectivity index (χ2n) is 3.69. The lowest BCUT2D eigenvalue weighted by Crippen LogP contribution is -2.07. The average Bonchev–Trinajstić information content (AvgIpc) is 2.85. The fourth-order valence-corrected chi connectivity index (χ4v) is 1.58. The summed E-state index contributed by atoms with van der Waals surface area (Å²) >= 11 is 0. The van der Waals surface area contributed by atoms with Crippen molar-refractivity contribution >= 4 is 11.5 Å². The van der Waals surface area contributed by atoms with Crippen molar-refractivity contribution in [2.24, 2.45) is 0 Å². The van der Waals surface area contributed by atoms with Crippen molar-refractivity contribution in [1.82, 2.24) is 35.0 Å². The summed E-state index contributed by atoms with van der Waals surface area (Å²) in [5, 5.41) is 14.5. The van der Waals surface area contributed by atoms with Crippen LogP contribution in [-0.2, 0) is 6.54 Å². The number of fused-ring (bicyclic) bond motifs is 1. The van der Waals surface area contributed by atoms with Crippen LogP contribution in [0, 0.1) is 6.92 Å². The molecule has 0 atom stereocenters. The molecule has 18 heavy (non-hydrogen) atoms. The fourth-order valence-electron chi connectivity index (χ4n) is 1.58. The van der Waals surface area contributed by atoms with Crippen molar-refractivity contribution in [3.05, 3.63) is 36.2 Å². The lowest BCUT2D eigenvalue weighted by molar-refractivity contribution is 0.817. The molecule has 0 aliphatic rings. The molecular formula is C10H10N8. The Morgan fingerprint density at radius 3 is 3.17 bits per heavy atom. The van der Waals surface area contributed by atoms with Crippen LogP contribution in [0.25, 0.3) is 5.65 Å². The summed E-state index contributed by atoms with van der Waals surface area (Å²) in [6, 6.07) is 1.85. The van der Waals surface area contributed by atoms with Crippen LogP contribution in [0.3, 0.4) is 0 Å². The summed E-state index contributed by atoms with van der Waals surface area (Å²) in [5.41, 5.74) is 1.49. The van der Waals surface area contributed by atoms with Crippen LogP contribution >= 0.6 is 0 Å². The standard InChI is InChI=1S/C10H10N8/c1-7-12-3-2-8(14-7)4-13-9-5-11-6-10-15-16-17-18(9)10/h2-3,5-6,13H,4H2,1H3. The lowest BCUT2D eigenvalue weighted by atomic mass is 10.4. The smallest absolute Gasteiger partial charge is 0.199 e. The van der Waals surface area contributed by atoms with Crippen LogP contribution < -0.4 is 5.32 Å². The van der Waals surface area contributed by atoms with Crippen LogP contribution in [-0.4, -0.2) is 35.0 Å². The van der Waals surface area contributed by atoms with Gasteiger partial charge in [0.05, 0.1) is 24.6 Å². The summed E-state index contributed by atoms with van der Waals surface area (Å²) in [7, 11) is 0. The summed E-state index contributed by atoms with van der Waals surface area (Å²) in [4.78, 5) is 12.4. The summed E-state index contributed by atoms with van der Waals surface area (Å²) in [6.07, 6.45) is 4.99. The molecule has 0 aromatic carbocycles. The second-order valence-corrected chi connectivity index (χ2v) is 3.69. The minimum absolute atomic E-state index is 0.560. The molecule has 0 amide bonds. The third kappa shape index (κ3) is 1.95. The van der Waals surface area contributed by atoms with Gasteiger partial charge in [-0.2, -0.15) is 4.52 Å². The molecule has 3 aromatic rings. The number of nitrogens with zero attached hydrogens (tertiary/aromatic N) is 7. The largest absolute Gasteiger partial charge is 0.363 e. The van der Waals surface area contributed by atoms with Gasteiger partial charge >= 0.3 is 0 Å². The highest BCUT2D eigenvalue weighted by molar-refractivity contribution is 5.43. The first-order valence-electron chi connectivity index (χ1n) is 5.37. The maximum atomic E-state index is 4.30. The van der Waals surface area contributed by atoms with Crippen molar-refractivity contribution in [2.75, 3.05) is 5.32 Å². The zero-order valence-electron chi connectivity index (χ0n) is 9.65. The molecule has 0 bridgehead atoms. The highest BCUT2D eigenvalue weighted by Gasteiger charge is 2.03. The first-order chi connectivity index (χ1) is 8.83. The maximum Gasteiger partial charge on any atom is 0.199 e. The van der Waals surface area contributed by atoms with Crippen molar-refractivity contribution in [3.8, 4) is 0 Å². The van der Waals surface area contributed by atoms with Crippen LogP contribution in [0.5, 0.6) is 0 Å². The molecule has 0 radical (unpaired) electrons. The molecule has 0 saturated heterocycles. The van der Waals surface area contributed by atoms with Gasteiger partial charge in [0.1, 0.15) is 5.82 Å². The number of aromatic nitrogens is 7. The number of hydrogen-bond donors (Lipinski definition) is 1. The van der Waals surface area contributed by atoms with E-state index >= 15 is 0 Å². The molecular weight excluding hydrogens is 232 g/mol.